The standard InChI is InChI=1S/C18H22N3O9P/c1-18(17(25)26,9-10-2-7-14(13(23)8-10)30-31(27,28)29)21-20-16(24)15(19)11-3-5-12(22)6-4-11/h2-8,15,21-23H,9,19H2,1H3,(H,20,24)(H,25,26)(H2,27,28,29)/t15-,18?/m0/s1. The highest BCUT2D eigenvalue weighted by atomic mass is 31.2. The number of nitrogens with one attached hydrogen (secondary N) is 2. The summed E-state index contributed by atoms with van der Waals surface area (Å²) >= 11 is 0. The van der Waals surface area contributed by atoms with Crippen molar-refractivity contribution in [2.75, 3.05) is 0 Å². The first-order valence-electron chi connectivity index (χ1n) is 8.73. The number of rotatable bonds is 9. The van der Waals surface area contributed by atoms with Gasteiger partial charge in [-0.1, -0.05) is 18.2 Å². The number of phenols is 2. The number of carbonyl (C=O) groups is 2. The fourth-order valence-corrected chi connectivity index (χ4v) is 2.98. The maximum absolute atomic E-state index is 12.3. The van der Waals surface area contributed by atoms with Crippen molar-refractivity contribution in [1.29, 1.82) is 0 Å². The third-order valence-corrected chi connectivity index (χ3v) is 4.70. The number of aliphatic carboxylic acids is 1. The van der Waals surface area contributed by atoms with Gasteiger partial charge < -0.3 is 25.6 Å². The monoisotopic (exact) mass is 455 g/mol. The molecule has 0 fully saturated rings. The molecule has 0 saturated heterocycles. The maximum atomic E-state index is 12.3. The smallest absolute Gasteiger partial charge is 0.508 e. The van der Waals surface area contributed by atoms with Gasteiger partial charge in [-0.3, -0.25) is 24.8 Å². The molecule has 2 aromatic rings. The Balaban J connectivity index is 2.10. The SMILES string of the molecule is CC(Cc1ccc(OP(=O)(O)O)c(O)c1)(NNC(=O)[C@@H](N)c1ccc(O)cc1)C(=O)O. The highest BCUT2D eigenvalue weighted by Crippen LogP contribution is 2.41. The summed E-state index contributed by atoms with van der Waals surface area (Å²) in [7, 11) is -4.89. The number of phenolic OH excluding ortho intramolecular Hbond substituents is 2. The van der Waals surface area contributed by atoms with E-state index in [1.165, 1.54) is 37.3 Å². The summed E-state index contributed by atoms with van der Waals surface area (Å²) in [5.74, 6) is -3.15. The van der Waals surface area contributed by atoms with Gasteiger partial charge in [-0.25, -0.2) is 9.99 Å². The lowest BCUT2D eigenvalue weighted by molar-refractivity contribution is -0.145. The van der Waals surface area contributed by atoms with E-state index in [9.17, 15) is 29.5 Å². The van der Waals surface area contributed by atoms with Crippen molar-refractivity contribution >= 4 is 19.7 Å². The molecule has 168 valence electrons. The van der Waals surface area contributed by atoms with E-state index in [0.29, 0.717) is 5.56 Å². The number of benzene rings is 2. The van der Waals surface area contributed by atoms with Crippen LogP contribution in [-0.4, -0.2) is 42.5 Å². The zero-order valence-electron chi connectivity index (χ0n) is 16.2. The largest absolute Gasteiger partial charge is 0.524 e. The van der Waals surface area contributed by atoms with Crippen LogP contribution in [-0.2, 0) is 20.6 Å². The van der Waals surface area contributed by atoms with Crippen LogP contribution in [0.1, 0.15) is 24.1 Å². The Bertz CT molecular complexity index is 1010. The second-order valence-electron chi connectivity index (χ2n) is 6.88. The fraction of sp³-hybridized carbons (Fsp3) is 0.222. The van der Waals surface area contributed by atoms with E-state index >= 15 is 0 Å². The van der Waals surface area contributed by atoms with Gasteiger partial charge in [0.05, 0.1) is 0 Å². The lowest BCUT2D eigenvalue weighted by Gasteiger charge is -2.27. The van der Waals surface area contributed by atoms with E-state index in [-0.39, 0.29) is 17.7 Å². The number of amides is 1. The van der Waals surface area contributed by atoms with Crippen molar-refractivity contribution in [2.24, 2.45) is 5.73 Å². The first-order valence-corrected chi connectivity index (χ1v) is 10.3. The minimum atomic E-state index is -4.89. The molecular weight excluding hydrogens is 433 g/mol. The van der Waals surface area contributed by atoms with Gasteiger partial charge in [0.2, 0.25) is 0 Å². The van der Waals surface area contributed by atoms with Crippen molar-refractivity contribution in [3.05, 3.63) is 53.6 Å². The van der Waals surface area contributed by atoms with Crippen LogP contribution in [0.15, 0.2) is 42.5 Å². The lowest BCUT2D eigenvalue weighted by Crippen LogP contribution is -2.59. The number of nitrogens with two attached hydrogens (primary N) is 1. The Morgan fingerprint density at radius 2 is 1.77 bits per heavy atom. The van der Waals surface area contributed by atoms with Crippen LogP contribution in [0.5, 0.6) is 17.2 Å². The molecule has 0 radical (unpaired) electrons. The zero-order valence-corrected chi connectivity index (χ0v) is 17.1. The van der Waals surface area contributed by atoms with Gasteiger partial charge in [0, 0.05) is 6.42 Å². The minimum absolute atomic E-state index is 0.00611. The Labute approximate surface area is 176 Å². The average molecular weight is 455 g/mol. The molecule has 9 N–H and O–H groups in total. The molecule has 0 aromatic heterocycles. The quantitative estimate of drug-likeness (QED) is 0.190. The Morgan fingerprint density at radius 3 is 2.29 bits per heavy atom. The summed E-state index contributed by atoms with van der Waals surface area (Å²) in [5.41, 5.74) is 9.42. The van der Waals surface area contributed by atoms with Crippen molar-refractivity contribution in [3.8, 4) is 17.2 Å². The summed E-state index contributed by atoms with van der Waals surface area (Å²) in [6.45, 7) is 1.28. The minimum Gasteiger partial charge on any atom is -0.508 e. The predicted molar refractivity (Wildman–Crippen MR) is 107 cm³/mol. The topological polar surface area (TPSA) is 212 Å². The first-order chi connectivity index (χ1) is 14.3. The van der Waals surface area contributed by atoms with Gasteiger partial charge in [-0.15, -0.1) is 0 Å². The van der Waals surface area contributed by atoms with E-state index in [2.05, 4.69) is 15.4 Å². The molecule has 0 aliphatic rings. The number of phosphoric acid groups is 1. The van der Waals surface area contributed by atoms with Crippen LogP contribution in [0.4, 0.5) is 0 Å². The van der Waals surface area contributed by atoms with Gasteiger partial charge in [-0.05, 0) is 42.3 Å². The number of carboxylic acids is 1. The molecule has 2 rings (SSSR count). The molecule has 12 nitrogen and oxygen atoms in total. The fourth-order valence-electron chi connectivity index (χ4n) is 2.57. The number of carboxylic acid groups (broad SMARTS) is 1. The molecule has 31 heavy (non-hydrogen) atoms. The summed E-state index contributed by atoms with van der Waals surface area (Å²) < 4.78 is 15.2. The molecule has 0 aliphatic carbocycles. The second-order valence-corrected chi connectivity index (χ2v) is 8.05. The third-order valence-electron chi connectivity index (χ3n) is 4.27. The molecule has 0 heterocycles. The maximum Gasteiger partial charge on any atom is 0.524 e. The van der Waals surface area contributed by atoms with Crippen molar-refractivity contribution in [3.63, 3.8) is 0 Å². The van der Waals surface area contributed by atoms with Gasteiger partial charge >= 0.3 is 13.8 Å². The molecule has 0 bridgehead atoms. The second kappa shape index (κ2) is 9.33. The van der Waals surface area contributed by atoms with Crippen LogP contribution >= 0.6 is 7.82 Å². The number of phosphoric ester groups is 1. The summed E-state index contributed by atoms with van der Waals surface area (Å²) in [6, 6.07) is 7.91. The van der Waals surface area contributed by atoms with Crippen LogP contribution in [0, 0.1) is 0 Å². The number of carbonyl (C=O) groups excluding carboxylic acids is 1. The van der Waals surface area contributed by atoms with Crippen LogP contribution in [0.2, 0.25) is 0 Å². The van der Waals surface area contributed by atoms with Crippen molar-refractivity contribution < 1.29 is 43.8 Å². The van der Waals surface area contributed by atoms with Gasteiger partial charge in [0.1, 0.15) is 17.3 Å². The molecule has 0 aliphatic heterocycles. The number of hydrogen-bond donors (Lipinski definition) is 8. The lowest BCUT2D eigenvalue weighted by atomic mass is 9.93. The summed E-state index contributed by atoms with van der Waals surface area (Å²) in [4.78, 5) is 41.7. The zero-order chi connectivity index (χ0) is 23.4. The molecule has 0 saturated carbocycles. The normalized spacial score (nSPS) is 14.3. The van der Waals surface area contributed by atoms with E-state index in [0.717, 1.165) is 12.1 Å². The molecular formula is C18H22N3O9P. The Morgan fingerprint density at radius 1 is 1.16 bits per heavy atom. The molecule has 13 heteroatoms. The van der Waals surface area contributed by atoms with Gasteiger partial charge in [0.15, 0.2) is 11.5 Å². The summed E-state index contributed by atoms with van der Waals surface area (Å²) in [6.07, 6.45) is -0.235. The van der Waals surface area contributed by atoms with E-state index in [4.69, 9.17) is 15.5 Å². The first kappa shape index (κ1) is 24.1. The van der Waals surface area contributed by atoms with Crippen molar-refractivity contribution in [2.45, 2.75) is 24.9 Å². The van der Waals surface area contributed by atoms with Gasteiger partial charge in [-0.2, -0.15) is 0 Å². The Kier molecular flexibility index (Phi) is 7.26. The molecule has 2 atom stereocenters. The van der Waals surface area contributed by atoms with E-state index in [1.54, 1.807) is 0 Å². The van der Waals surface area contributed by atoms with Crippen LogP contribution in [0.25, 0.3) is 0 Å². The van der Waals surface area contributed by atoms with Gasteiger partial charge in [0.25, 0.3) is 5.91 Å². The third kappa shape index (κ3) is 6.67. The highest BCUT2D eigenvalue weighted by Gasteiger charge is 2.34. The molecule has 2 aromatic carbocycles. The van der Waals surface area contributed by atoms with E-state index < -0.39 is 42.8 Å². The number of aromatic hydroxyl groups is 2. The van der Waals surface area contributed by atoms with Crippen LogP contribution in [0.3, 0.4) is 0 Å². The Hall–Kier alpha value is -3.15. The predicted octanol–water partition coefficient (Wildman–Crippen LogP) is 0.276. The molecule has 1 unspecified atom stereocenters. The highest BCUT2D eigenvalue weighted by molar-refractivity contribution is 7.46. The summed E-state index contributed by atoms with van der Waals surface area (Å²) in [5, 5.41) is 28.8. The molecule has 0 spiro atoms. The van der Waals surface area contributed by atoms with Crippen LogP contribution < -0.4 is 21.1 Å². The molecule has 1 amide bonds. The van der Waals surface area contributed by atoms with Crippen molar-refractivity contribution in [1.82, 2.24) is 10.9 Å². The van der Waals surface area contributed by atoms with E-state index in [1.807, 2.05) is 0 Å². The number of hydrogen-bond acceptors (Lipinski definition) is 8. The average Bonchev–Trinajstić information content (AvgIpc) is 2.67. The number of hydrazine groups is 1.